The predicted molar refractivity (Wildman–Crippen MR) is 76.0 cm³/mol. The average Bonchev–Trinajstić information content (AvgIpc) is 2.15. The van der Waals surface area contributed by atoms with Gasteiger partial charge in [-0.25, -0.2) is 0 Å². The highest BCUT2D eigenvalue weighted by atomic mass is 14.3. The van der Waals surface area contributed by atoms with Crippen molar-refractivity contribution in [2.24, 2.45) is 10.8 Å². The van der Waals surface area contributed by atoms with Crippen LogP contribution in [0.25, 0.3) is 0 Å². The van der Waals surface area contributed by atoms with Crippen LogP contribution in [0, 0.1) is 10.8 Å². The Labute approximate surface area is 108 Å². The molecule has 1 rings (SSSR count). The standard InChI is InChI=1S/C17H28/c1-16(2,3)15(17(4,5)6)13-12-14-10-8-7-9-11-14/h7-11H2,1-6H3. The van der Waals surface area contributed by atoms with Crippen LogP contribution in [0.3, 0.4) is 0 Å². The van der Waals surface area contributed by atoms with E-state index in [0.29, 0.717) is 0 Å². The summed E-state index contributed by atoms with van der Waals surface area (Å²) in [7, 11) is 0. The molecule has 0 radical (unpaired) electrons. The summed E-state index contributed by atoms with van der Waals surface area (Å²) in [4.78, 5) is 0. The molecule has 96 valence electrons. The second-order valence-corrected chi connectivity index (χ2v) is 7.29. The molecule has 1 saturated carbocycles. The molecule has 0 aromatic carbocycles. The second-order valence-electron chi connectivity index (χ2n) is 7.29. The topological polar surface area (TPSA) is 0 Å². The third kappa shape index (κ3) is 4.58. The van der Waals surface area contributed by atoms with Gasteiger partial charge in [-0.2, -0.15) is 0 Å². The molecule has 0 saturated heterocycles. The van der Waals surface area contributed by atoms with Crippen molar-refractivity contribution in [1.82, 2.24) is 0 Å². The van der Waals surface area contributed by atoms with Crippen molar-refractivity contribution in [2.75, 3.05) is 0 Å². The van der Waals surface area contributed by atoms with Gasteiger partial charge in [0.05, 0.1) is 0 Å². The van der Waals surface area contributed by atoms with E-state index in [0.717, 1.165) is 0 Å². The highest BCUT2D eigenvalue weighted by molar-refractivity contribution is 5.19. The van der Waals surface area contributed by atoms with Crippen LogP contribution in [0.4, 0.5) is 0 Å². The van der Waals surface area contributed by atoms with Crippen molar-refractivity contribution < 1.29 is 0 Å². The molecule has 1 fully saturated rings. The molecule has 0 unspecified atom stereocenters. The van der Waals surface area contributed by atoms with Gasteiger partial charge >= 0.3 is 0 Å². The van der Waals surface area contributed by atoms with Crippen molar-refractivity contribution in [2.45, 2.75) is 73.6 Å². The van der Waals surface area contributed by atoms with Gasteiger partial charge in [-0.15, -0.1) is 0 Å². The van der Waals surface area contributed by atoms with Gasteiger partial charge in [0.25, 0.3) is 0 Å². The van der Waals surface area contributed by atoms with Gasteiger partial charge in [0.2, 0.25) is 0 Å². The Bertz CT molecular complexity index is 332. The molecule has 1 aliphatic rings. The quantitative estimate of drug-likeness (QED) is 0.473. The Morgan fingerprint density at radius 1 is 0.824 bits per heavy atom. The van der Waals surface area contributed by atoms with E-state index in [4.69, 9.17) is 0 Å². The van der Waals surface area contributed by atoms with Gasteiger partial charge in [0.1, 0.15) is 0 Å². The van der Waals surface area contributed by atoms with E-state index in [-0.39, 0.29) is 10.8 Å². The molecule has 0 heteroatoms. The van der Waals surface area contributed by atoms with Gasteiger partial charge in [0, 0.05) is 0 Å². The van der Waals surface area contributed by atoms with Gasteiger partial charge in [-0.05, 0) is 47.7 Å². The van der Waals surface area contributed by atoms with Crippen LogP contribution in [0.2, 0.25) is 0 Å². The molecule has 0 heterocycles. The number of hydrogen-bond acceptors (Lipinski definition) is 0. The molecular formula is C17H28. The van der Waals surface area contributed by atoms with Gasteiger partial charge in [-0.1, -0.05) is 59.4 Å². The van der Waals surface area contributed by atoms with Gasteiger partial charge < -0.3 is 0 Å². The van der Waals surface area contributed by atoms with Crippen LogP contribution in [0.1, 0.15) is 73.6 Å². The molecule has 0 aromatic heterocycles. The van der Waals surface area contributed by atoms with E-state index < -0.39 is 0 Å². The molecule has 0 bridgehead atoms. The third-order valence-corrected chi connectivity index (χ3v) is 3.32. The monoisotopic (exact) mass is 232 g/mol. The minimum Gasteiger partial charge on any atom is -0.0711 e. The summed E-state index contributed by atoms with van der Waals surface area (Å²) in [6.07, 6.45) is 6.53. The molecule has 17 heavy (non-hydrogen) atoms. The molecule has 0 N–H and O–H groups in total. The zero-order valence-electron chi connectivity index (χ0n) is 12.5. The van der Waals surface area contributed by atoms with Crippen molar-refractivity contribution in [3.63, 3.8) is 0 Å². The maximum absolute atomic E-state index is 3.50. The summed E-state index contributed by atoms with van der Waals surface area (Å²) < 4.78 is 0. The lowest BCUT2D eigenvalue weighted by molar-refractivity contribution is 0.363. The first-order valence-electron chi connectivity index (χ1n) is 6.96. The number of hydrogen-bond donors (Lipinski definition) is 0. The lowest BCUT2D eigenvalue weighted by Gasteiger charge is -2.31. The lowest BCUT2D eigenvalue weighted by Crippen LogP contribution is -2.21. The van der Waals surface area contributed by atoms with Crippen LogP contribution in [0.5, 0.6) is 0 Å². The summed E-state index contributed by atoms with van der Waals surface area (Å²) in [5, 5.41) is 0. The smallest absolute Gasteiger partial charge is 0.00854 e. The van der Waals surface area contributed by atoms with Crippen LogP contribution < -0.4 is 0 Å². The van der Waals surface area contributed by atoms with E-state index in [2.05, 4.69) is 53.0 Å². The summed E-state index contributed by atoms with van der Waals surface area (Å²) in [6, 6.07) is 0. The molecule has 0 nitrogen and oxygen atoms in total. The Morgan fingerprint density at radius 3 is 1.71 bits per heavy atom. The average molecular weight is 232 g/mol. The van der Waals surface area contributed by atoms with E-state index >= 15 is 0 Å². The minimum absolute atomic E-state index is 0.181. The first-order chi connectivity index (χ1) is 7.71. The summed E-state index contributed by atoms with van der Waals surface area (Å²) in [5.41, 5.74) is 10.2. The van der Waals surface area contributed by atoms with Crippen LogP contribution in [-0.4, -0.2) is 0 Å². The summed E-state index contributed by atoms with van der Waals surface area (Å²) in [5.74, 6) is 0. The highest BCUT2D eigenvalue weighted by Gasteiger charge is 2.27. The van der Waals surface area contributed by atoms with E-state index in [9.17, 15) is 0 Å². The second kappa shape index (κ2) is 5.30. The summed E-state index contributed by atoms with van der Waals surface area (Å²) >= 11 is 0. The van der Waals surface area contributed by atoms with Crippen LogP contribution >= 0.6 is 0 Å². The van der Waals surface area contributed by atoms with Gasteiger partial charge in [-0.3, -0.25) is 0 Å². The highest BCUT2D eigenvalue weighted by Crippen LogP contribution is 2.38. The number of allylic oxidation sites excluding steroid dienone is 2. The van der Waals surface area contributed by atoms with Gasteiger partial charge in [0.15, 0.2) is 0 Å². The summed E-state index contributed by atoms with van der Waals surface area (Å²) in [6.45, 7) is 13.6. The van der Waals surface area contributed by atoms with E-state index in [1.165, 1.54) is 43.3 Å². The van der Waals surface area contributed by atoms with E-state index in [1.807, 2.05) is 0 Å². The number of rotatable bonds is 0. The Balaban J connectivity index is 3.18. The predicted octanol–water partition coefficient (Wildman–Crippen LogP) is 5.65. The largest absolute Gasteiger partial charge is 0.0711 e. The van der Waals surface area contributed by atoms with Crippen molar-refractivity contribution in [3.8, 4) is 0 Å². The molecule has 0 atom stereocenters. The lowest BCUT2D eigenvalue weighted by atomic mass is 9.72. The zero-order chi connectivity index (χ0) is 13.1. The Kier molecular flexibility index (Phi) is 4.48. The first kappa shape index (κ1) is 14.4. The molecular weight excluding hydrogens is 204 g/mol. The zero-order valence-corrected chi connectivity index (χ0v) is 12.5. The molecule has 0 spiro atoms. The Hall–Kier alpha value is -0.700. The third-order valence-electron chi connectivity index (χ3n) is 3.32. The Morgan fingerprint density at radius 2 is 1.29 bits per heavy atom. The SMILES string of the molecule is CC(C)(C)C(=C=C=C1CCCCC1)C(C)(C)C. The van der Waals surface area contributed by atoms with Crippen molar-refractivity contribution in [1.29, 1.82) is 0 Å². The first-order valence-corrected chi connectivity index (χ1v) is 6.96. The fourth-order valence-electron chi connectivity index (χ4n) is 2.75. The maximum Gasteiger partial charge on any atom is -0.00854 e. The molecule has 0 amide bonds. The fraction of sp³-hybridized carbons (Fsp3) is 0.765. The normalized spacial score (nSPS) is 17.4. The maximum atomic E-state index is 3.50. The molecule has 1 aliphatic carbocycles. The minimum atomic E-state index is 0.181. The molecule has 0 aliphatic heterocycles. The fourth-order valence-corrected chi connectivity index (χ4v) is 2.75. The molecule has 0 aromatic rings. The van der Waals surface area contributed by atoms with Crippen LogP contribution in [0.15, 0.2) is 22.6 Å². The van der Waals surface area contributed by atoms with E-state index in [1.54, 1.807) is 0 Å². The van der Waals surface area contributed by atoms with Crippen molar-refractivity contribution in [3.05, 3.63) is 22.6 Å². The van der Waals surface area contributed by atoms with Crippen LogP contribution in [-0.2, 0) is 0 Å². The van der Waals surface area contributed by atoms with Crippen molar-refractivity contribution >= 4 is 0 Å².